The van der Waals surface area contributed by atoms with Crippen molar-refractivity contribution in [3.63, 3.8) is 0 Å². The molecule has 0 saturated carbocycles. The normalized spacial score (nSPS) is 12.5. The van der Waals surface area contributed by atoms with Gasteiger partial charge >= 0.3 is 0 Å². The van der Waals surface area contributed by atoms with Crippen LogP contribution in [0.5, 0.6) is 11.5 Å². The van der Waals surface area contributed by atoms with E-state index < -0.39 is 6.10 Å². The molecule has 1 heterocycles. The van der Waals surface area contributed by atoms with E-state index in [2.05, 4.69) is 17.2 Å². The Morgan fingerprint density at radius 2 is 1.69 bits per heavy atom. The Hall–Kier alpha value is -3.32. The van der Waals surface area contributed by atoms with E-state index in [0.29, 0.717) is 24.4 Å². The highest BCUT2D eigenvalue weighted by molar-refractivity contribution is 5.87. The molecule has 0 bridgehead atoms. The summed E-state index contributed by atoms with van der Waals surface area (Å²) in [5.41, 5.74) is 3.34. The van der Waals surface area contributed by atoms with Crippen molar-refractivity contribution in [3.05, 3.63) is 106 Å². The Morgan fingerprint density at radius 1 is 0.943 bits per heavy atom. The molecule has 0 spiro atoms. The summed E-state index contributed by atoms with van der Waals surface area (Å²) >= 11 is 0. The maximum absolute atomic E-state index is 12.0. The maximum atomic E-state index is 12.0. The smallest absolute Gasteiger partial charge is 0.248 e. The van der Waals surface area contributed by atoms with Crippen molar-refractivity contribution in [2.45, 2.75) is 32.1 Å². The summed E-state index contributed by atoms with van der Waals surface area (Å²) in [4.78, 5) is 14.9. The molecule has 0 amide bonds. The van der Waals surface area contributed by atoms with Gasteiger partial charge in [0.1, 0.15) is 18.1 Å². The SMILES string of the molecule is COc1ccc(CC(C)NCC(O)c2ccc(OCc3ccccc3)c3[nH]c(=O)ccc23)cc1.Cl. The van der Waals surface area contributed by atoms with Gasteiger partial charge in [-0.2, -0.15) is 0 Å². The van der Waals surface area contributed by atoms with Gasteiger partial charge in [0.05, 0.1) is 18.7 Å². The lowest BCUT2D eigenvalue weighted by molar-refractivity contribution is 0.172. The Morgan fingerprint density at radius 3 is 2.40 bits per heavy atom. The minimum Gasteiger partial charge on any atom is -0.497 e. The molecule has 35 heavy (non-hydrogen) atoms. The summed E-state index contributed by atoms with van der Waals surface area (Å²) in [5.74, 6) is 1.41. The molecule has 1 aromatic heterocycles. The minimum atomic E-state index is -0.741. The molecule has 0 saturated heterocycles. The molecule has 2 atom stereocenters. The van der Waals surface area contributed by atoms with E-state index in [1.165, 1.54) is 11.6 Å². The third-order valence-corrected chi connectivity index (χ3v) is 5.85. The predicted molar refractivity (Wildman–Crippen MR) is 142 cm³/mol. The van der Waals surface area contributed by atoms with E-state index in [9.17, 15) is 9.90 Å². The molecule has 4 rings (SSSR count). The number of hydrogen-bond donors (Lipinski definition) is 3. The van der Waals surface area contributed by atoms with E-state index in [4.69, 9.17) is 9.47 Å². The monoisotopic (exact) mass is 494 g/mol. The number of ether oxygens (including phenoxy) is 2. The number of H-pyrrole nitrogens is 1. The van der Waals surface area contributed by atoms with Crippen LogP contribution in [0, 0.1) is 0 Å². The highest BCUT2D eigenvalue weighted by Crippen LogP contribution is 2.30. The first kappa shape index (κ1) is 26.3. The van der Waals surface area contributed by atoms with Crippen LogP contribution in [-0.2, 0) is 13.0 Å². The second-order valence-electron chi connectivity index (χ2n) is 8.42. The van der Waals surface area contributed by atoms with Crippen LogP contribution in [0.2, 0.25) is 0 Å². The molecule has 7 heteroatoms. The number of fused-ring (bicyclic) bond motifs is 1. The molecule has 3 aromatic carbocycles. The fourth-order valence-corrected chi connectivity index (χ4v) is 4.00. The lowest BCUT2D eigenvalue weighted by atomic mass is 10.0. The summed E-state index contributed by atoms with van der Waals surface area (Å²) in [7, 11) is 1.65. The van der Waals surface area contributed by atoms with Crippen molar-refractivity contribution in [2.24, 2.45) is 0 Å². The average Bonchev–Trinajstić information content (AvgIpc) is 2.87. The van der Waals surface area contributed by atoms with E-state index in [1.54, 1.807) is 19.2 Å². The van der Waals surface area contributed by atoms with Gasteiger partial charge in [0.25, 0.3) is 0 Å². The van der Waals surface area contributed by atoms with Crippen molar-refractivity contribution >= 4 is 23.3 Å². The summed E-state index contributed by atoms with van der Waals surface area (Å²) < 4.78 is 11.2. The first-order valence-electron chi connectivity index (χ1n) is 11.4. The summed E-state index contributed by atoms with van der Waals surface area (Å²) in [6, 6.07) is 24.9. The number of benzene rings is 3. The van der Waals surface area contributed by atoms with Crippen LogP contribution in [0.1, 0.15) is 29.7 Å². The van der Waals surface area contributed by atoms with Gasteiger partial charge in [0, 0.05) is 24.0 Å². The van der Waals surface area contributed by atoms with Gasteiger partial charge in [0.2, 0.25) is 5.56 Å². The van der Waals surface area contributed by atoms with Crippen molar-refractivity contribution in [3.8, 4) is 11.5 Å². The Labute approximate surface area is 211 Å². The molecule has 2 unspecified atom stereocenters. The zero-order chi connectivity index (χ0) is 23.9. The van der Waals surface area contributed by atoms with E-state index in [0.717, 1.165) is 28.7 Å². The van der Waals surface area contributed by atoms with Crippen molar-refractivity contribution in [1.82, 2.24) is 10.3 Å². The van der Waals surface area contributed by atoms with E-state index in [1.807, 2.05) is 60.7 Å². The third kappa shape index (κ3) is 6.85. The molecule has 4 aromatic rings. The van der Waals surface area contributed by atoms with Crippen molar-refractivity contribution in [1.29, 1.82) is 0 Å². The molecule has 0 aliphatic carbocycles. The van der Waals surface area contributed by atoms with Crippen LogP contribution in [0.25, 0.3) is 10.9 Å². The zero-order valence-electron chi connectivity index (χ0n) is 19.9. The Kier molecular flexibility index (Phi) is 9.32. The molecule has 6 nitrogen and oxygen atoms in total. The van der Waals surface area contributed by atoms with Gasteiger partial charge in [0.15, 0.2) is 0 Å². The van der Waals surface area contributed by atoms with Gasteiger partial charge in [-0.25, -0.2) is 0 Å². The lowest BCUT2D eigenvalue weighted by Gasteiger charge is -2.20. The van der Waals surface area contributed by atoms with Crippen molar-refractivity contribution in [2.75, 3.05) is 13.7 Å². The Bertz CT molecular complexity index is 1280. The van der Waals surface area contributed by atoms with Gasteiger partial charge in [-0.1, -0.05) is 48.5 Å². The summed E-state index contributed by atoms with van der Waals surface area (Å²) in [5, 5.41) is 15.1. The standard InChI is InChI=1S/C28H30N2O4.ClH/c1-19(16-20-8-10-22(33-2)11-9-20)29-17-25(31)23-12-14-26(28-24(23)13-15-27(32)30-28)34-18-21-6-4-3-5-7-21;/h3-15,19,25,29,31H,16-18H2,1-2H3,(H,30,32);1H. The lowest BCUT2D eigenvalue weighted by Crippen LogP contribution is -2.32. The van der Waals surface area contributed by atoms with Crippen LogP contribution in [-0.4, -0.2) is 29.8 Å². The van der Waals surface area contributed by atoms with Crippen molar-refractivity contribution < 1.29 is 14.6 Å². The predicted octanol–water partition coefficient (Wildman–Crippen LogP) is 4.79. The number of methoxy groups -OCH3 is 1. The van der Waals surface area contributed by atoms with E-state index in [-0.39, 0.29) is 24.0 Å². The van der Waals surface area contributed by atoms with Crippen LogP contribution in [0.3, 0.4) is 0 Å². The number of halogens is 1. The number of hydrogen-bond acceptors (Lipinski definition) is 5. The second-order valence-corrected chi connectivity index (χ2v) is 8.42. The second kappa shape index (κ2) is 12.4. The molecular weight excluding hydrogens is 464 g/mol. The van der Waals surface area contributed by atoms with Crippen LogP contribution >= 0.6 is 12.4 Å². The molecule has 0 aliphatic heterocycles. The molecule has 184 valence electrons. The number of pyridine rings is 1. The Balaban J connectivity index is 0.00000342. The molecule has 3 N–H and O–H groups in total. The van der Waals surface area contributed by atoms with E-state index >= 15 is 0 Å². The largest absolute Gasteiger partial charge is 0.497 e. The summed E-state index contributed by atoms with van der Waals surface area (Å²) in [6.07, 6.45) is 0.0896. The quantitative estimate of drug-likeness (QED) is 0.295. The summed E-state index contributed by atoms with van der Waals surface area (Å²) in [6.45, 7) is 2.86. The van der Waals surface area contributed by atoms with Gasteiger partial charge in [-0.05, 0) is 54.3 Å². The topological polar surface area (TPSA) is 83.6 Å². The van der Waals surface area contributed by atoms with Gasteiger partial charge in [-0.3, -0.25) is 4.79 Å². The van der Waals surface area contributed by atoms with Gasteiger partial charge in [-0.15, -0.1) is 12.4 Å². The van der Waals surface area contributed by atoms with Gasteiger partial charge < -0.3 is 24.9 Å². The minimum absolute atomic E-state index is 0. The number of aliphatic hydroxyl groups excluding tert-OH is 1. The zero-order valence-corrected chi connectivity index (χ0v) is 20.7. The highest BCUT2D eigenvalue weighted by atomic mass is 35.5. The van der Waals surface area contributed by atoms with Crippen LogP contribution < -0.4 is 20.3 Å². The molecule has 0 aliphatic rings. The molecule has 0 fully saturated rings. The number of aromatic amines is 1. The fraction of sp³-hybridized carbons (Fsp3) is 0.250. The fourth-order valence-electron chi connectivity index (χ4n) is 4.00. The maximum Gasteiger partial charge on any atom is 0.248 e. The number of aromatic nitrogens is 1. The molecule has 0 radical (unpaired) electrons. The first-order chi connectivity index (χ1) is 16.5. The molecular formula is C28H31ClN2O4. The number of aliphatic hydroxyl groups is 1. The van der Waals surface area contributed by atoms with Crippen LogP contribution in [0.15, 0.2) is 83.7 Å². The number of nitrogens with one attached hydrogen (secondary N) is 2. The first-order valence-corrected chi connectivity index (χ1v) is 11.4. The average molecular weight is 495 g/mol. The number of rotatable bonds is 10. The highest BCUT2D eigenvalue weighted by Gasteiger charge is 2.16. The van der Waals surface area contributed by atoms with Crippen LogP contribution in [0.4, 0.5) is 0 Å². The third-order valence-electron chi connectivity index (χ3n) is 5.85.